The molecule has 9 heteroatoms. The highest BCUT2D eigenvalue weighted by Crippen LogP contribution is 2.40. The summed E-state index contributed by atoms with van der Waals surface area (Å²) in [6.07, 6.45) is 4.95. The van der Waals surface area contributed by atoms with E-state index in [0.29, 0.717) is 28.1 Å². The van der Waals surface area contributed by atoms with Gasteiger partial charge in [-0.3, -0.25) is 9.48 Å². The van der Waals surface area contributed by atoms with E-state index in [9.17, 15) is 9.59 Å². The summed E-state index contributed by atoms with van der Waals surface area (Å²) in [6, 6.07) is 11.4. The van der Waals surface area contributed by atoms with Crippen LogP contribution in [0.15, 0.2) is 42.5 Å². The number of ether oxygens (including phenoxy) is 1. The molecule has 1 aliphatic rings. The van der Waals surface area contributed by atoms with Gasteiger partial charge in [-0.05, 0) is 38.0 Å². The van der Waals surface area contributed by atoms with Crippen LogP contribution in [-0.4, -0.2) is 38.0 Å². The minimum atomic E-state index is -0.648. The van der Waals surface area contributed by atoms with Gasteiger partial charge in [-0.1, -0.05) is 29.8 Å². The van der Waals surface area contributed by atoms with Gasteiger partial charge in [0.1, 0.15) is 11.0 Å². The van der Waals surface area contributed by atoms with E-state index in [0.717, 1.165) is 24.2 Å². The third kappa shape index (κ3) is 4.86. The van der Waals surface area contributed by atoms with Gasteiger partial charge in [0.15, 0.2) is 6.61 Å². The summed E-state index contributed by atoms with van der Waals surface area (Å²) in [5.41, 5.74) is 3.11. The van der Waals surface area contributed by atoms with Crippen LogP contribution in [0.3, 0.4) is 0 Å². The normalized spacial score (nSPS) is 13.5. The molecular weight excluding hydrogens is 418 g/mol. The average Bonchev–Trinajstić information content (AvgIpc) is 3.48. The number of benzene rings is 1. The third-order valence-electron chi connectivity index (χ3n) is 4.92. The summed E-state index contributed by atoms with van der Waals surface area (Å²) in [4.78, 5) is 24.4. The number of hydrogen-bond acceptors (Lipinski definition) is 5. The number of nitrogens with zero attached hydrogens (tertiary/aromatic N) is 4. The summed E-state index contributed by atoms with van der Waals surface area (Å²) >= 11 is 6.13. The minimum absolute atomic E-state index is 0.415. The Hall–Kier alpha value is -3.39. The molecule has 0 bridgehead atoms. The molecule has 2 aromatic heterocycles. The quantitative estimate of drug-likeness (QED) is 0.448. The van der Waals surface area contributed by atoms with Gasteiger partial charge in [-0.15, -0.1) is 0 Å². The maximum atomic E-state index is 12.4. The number of aromatic nitrogens is 4. The molecule has 0 unspecified atom stereocenters. The Morgan fingerprint density at radius 1 is 1.26 bits per heavy atom. The molecule has 8 nitrogen and oxygen atoms in total. The van der Waals surface area contributed by atoms with Gasteiger partial charge in [-0.2, -0.15) is 10.2 Å². The fourth-order valence-electron chi connectivity index (χ4n) is 3.18. The van der Waals surface area contributed by atoms with Crippen LogP contribution in [0.5, 0.6) is 0 Å². The van der Waals surface area contributed by atoms with Gasteiger partial charge in [-0.25, -0.2) is 9.48 Å². The Bertz CT molecular complexity index is 1150. The second-order valence-corrected chi connectivity index (χ2v) is 7.74. The van der Waals surface area contributed by atoms with Crippen LogP contribution >= 0.6 is 11.6 Å². The minimum Gasteiger partial charge on any atom is -0.452 e. The molecular formula is C22H22ClN5O3. The molecule has 0 aliphatic heterocycles. The molecule has 1 fully saturated rings. The standard InChI is InChI=1S/C22H22ClN5O3/c1-14-17(22(23)27(2)25-14)10-11-21(30)31-13-20(29)24-19-12-18(15-8-9-15)26-28(19)16-6-4-3-5-7-16/h3-7,10-12,15H,8-9,13H2,1-2H3,(H,24,29)/b11-10+. The Balaban J connectivity index is 1.39. The fraction of sp³-hybridized carbons (Fsp3) is 0.273. The van der Waals surface area contributed by atoms with E-state index in [-0.39, 0.29) is 0 Å². The first-order chi connectivity index (χ1) is 14.9. The molecule has 3 aromatic rings. The summed E-state index contributed by atoms with van der Waals surface area (Å²) in [5.74, 6) is -0.115. The lowest BCUT2D eigenvalue weighted by Gasteiger charge is -2.08. The number of hydrogen-bond donors (Lipinski definition) is 1. The number of para-hydroxylation sites is 1. The Kier molecular flexibility index (Phi) is 5.90. The highest BCUT2D eigenvalue weighted by Gasteiger charge is 2.28. The smallest absolute Gasteiger partial charge is 0.331 e. The molecule has 1 N–H and O–H groups in total. The zero-order valence-corrected chi connectivity index (χ0v) is 18.0. The number of nitrogens with one attached hydrogen (secondary N) is 1. The van der Waals surface area contributed by atoms with Crippen molar-refractivity contribution >= 4 is 35.4 Å². The van der Waals surface area contributed by atoms with Crippen molar-refractivity contribution in [3.05, 3.63) is 64.6 Å². The molecule has 4 rings (SSSR count). The largest absolute Gasteiger partial charge is 0.452 e. The monoisotopic (exact) mass is 439 g/mol. The number of anilines is 1. The fourth-order valence-corrected chi connectivity index (χ4v) is 3.42. The van der Waals surface area contributed by atoms with Crippen LogP contribution in [0, 0.1) is 6.92 Å². The molecule has 1 amide bonds. The van der Waals surface area contributed by atoms with Crippen LogP contribution < -0.4 is 5.32 Å². The van der Waals surface area contributed by atoms with E-state index in [1.165, 1.54) is 16.8 Å². The van der Waals surface area contributed by atoms with E-state index in [2.05, 4.69) is 15.5 Å². The van der Waals surface area contributed by atoms with Gasteiger partial charge in [0.05, 0.1) is 17.1 Å². The number of carbonyl (C=O) groups excluding carboxylic acids is 2. The molecule has 0 radical (unpaired) electrons. The molecule has 1 saturated carbocycles. The maximum absolute atomic E-state index is 12.4. The molecule has 0 saturated heterocycles. The Labute approximate surface area is 184 Å². The number of rotatable bonds is 7. The van der Waals surface area contributed by atoms with Crippen molar-refractivity contribution in [2.75, 3.05) is 11.9 Å². The third-order valence-corrected chi connectivity index (χ3v) is 5.37. The van der Waals surface area contributed by atoms with Gasteiger partial charge < -0.3 is 10.1 Å². The van der Waals surface area contributed by atoms with E-state index >= 15 is 0 Å². The Morgan fingerprint density at radius 2 is 2.00 bits per heavy atom. The first kappa shape index (κ1) is 20.9. The number of carbonyl (C=O) groups is 2. The number of amides is 1. The van der Waals surface area contributed by atoms with E-state index in [4.69, 9.17) is 16.3 Å². The molecule has 1 aliphatic carbocycles. The molecule has 2 heterocycles. The molecule has 0 spiro atoms. The highest BCUT2D eigenvalue weighted by molar-refractivity contribution is 6.31. The summed E-state index contributed by atoms with van der Waals surface area (Å²) < 4.78 is 8.27. The zero-order chi connectivity index (χ0) is 22.0. The predicted molar refractivity (Wildman–Crippen MR) is 117 cm³/mol. The van der Waals surface area contributed by atoms with Crippen LogP contribution in [0.25, 0.3) is 11.8 Å². The first-order valence-corrected chi connectivity index (χ1v) is 10.3. The lowest BCUT2D eigenvalue weighted by atomic mass is 10.2. The lowest BCUT2D eigenvalue weighted by molar-refractivity contribution is -0.142. The van der Waals surface area contributed by atoms with Crippen LogP contribution in [0.4, 0.5) is 5.82 Å². The maximum Gasteiger partial charge on any atom is 0.331 e. The average molecular weight is 440 g/mol. The number of aryl methyl sites for hydroxylation is 2. The zero-order valence-electron chi connectivity index (χ0n) is 17.2. The predicted octanol–water partition coefficient (Wildman–Crippen LogP) is 3.64. The van der Waals surface area contributed by atoms with E-state index < -0.39 is 18.5 Å². The molecule has 0 atom stereocenters. The second kappa shape index (κ2) is 8.77. The van der Waals surface area contributed by atoms with E-state index in [1.54, 1.807) is 18.7 Å². The van der Waals surface area contributed by atoms with Crippen molar-refractivity contribution in [3.8, 4) is 5.69 Å². The second-order valence-electron chi connectivity index (χ2n) is 7.38. The van der Waals surface area contributed by atoms with Gasteiger partial charge in [0.2, 0.25) is 0 Å². The van der Waals surface area contributed by atoms with Crippen molar-refractivity contribution in [2.45, 2.75) is 25.7 Å². The van der Waals surface area contributed by atoms with Crippen LogP contribution in [0.1, 0.15) is 35.7 Å². The van der Waals surface area contributed by atoms with Gasteiger partial charge >= 0.3 is 5.97 Å². The van der Waals surface area contributed by atoms with Crippen LogP contribution in [0.2, 0.25) is 5.15 Å². The number of halogens is 1. The van der Waals surface area contributed by atoms with Gasteiger partial charge in [0.25, 0.3) is 5.91 Å². The first-order valence-electron chi connectivity index (χ1n) is 9.91. The van der Waals surface area contributed by atoms with E-state index in [1.807, 2.05) is 36.4 Å². The number of esters is 1. The SMILES string of the molecule is Cc1nn(C)c(Cl)c1/C=C/C(=O)OCC(=O)Nc1cc(C2CC2)nn1-c1ccccc1. The topological polar surface area (TPSA) is 91.0 Å². The van der Waals surface area contributed by atoms with Crippen molar-refractivity contribution in [3.63, 3.8) is 0 Å². The van der Waals surface area contributed by atoms with Crippen molar-refractivity contribution < 1.29 is 14.3 Å². The Morgan fingerprint density at radius 3 is 2.65 bits per heavy atom. The molecule has 31 heavy (non-hydrogen) atoms. The molecule has 1 aromatic carbocycles. The van der Waals surface area contributed by atoms with Crippen molar-refractivity contribution in [2.24, 2.45) is 7.05 Å². The van der Waals surface area contributed by atoms with Crippen molar-refractivity contribution in [1.82, 2.24) is 19.6 Å². The highest BCUT2D eigenvalue weighted by atomic mass is 35.5. The summed E-state index contributed by atoms with van der Waals surface area (Å²) in [5, 5.41) is 12.0. The summed E-state index contributed by atoms with van der Waals surface area (Å²) in [6.45, 7) is 1.37. The van der Waals surface area contributed by atoms with Crippen LogP contribution in [-0.2, 0) is 21.4 Å². The van der Waals surface area contributed by atoms with Gasteiger partial charge in [0, 0.05) is 30.7 Å². The summed E-state index contributed by atoms with van der Waals surface area (Å²) in [7, 11) is 1.71. The van der Waals surface area contributed by atoms with Crippen molar-refractivity contribution in [1.29, 1.82) is 0 Å². The molecule has 160 valence electrons. The lowest BCUT2D eigenvalue weighted by Crippen LogP contribution is -2.21.